The second-order valence-electron chi connectivity index (χ2n) is 5.29. The molecule has 1 atom stereocenters. The Bertz CT molecular complexity index is 589. The largest absolute Gasteiger partial charge is 0.368 e. The van der Waals surface area contributed by atoms with Crippen LogP contribution >= 0.6 is 0 Å². The van der Waals surface area contributed by atoms with Gasteiger partial charge >= 0.3 is 0 Å². The zero-order valence-electron chi connectivity index (χ0n) is 12.2. The summed E-state index contributed by atoms with van der Waals surface area (Å²) in [6.45, 7) is 1.01. The van der Waals surface area contributed by atoms with Crippen LogP contribution in [0, 0.1) is 0 Å². The van der Waals surface area contributed by atoms with Crippen molar-refractivity contribution in [2.45, 2.75) is 44.8 Å². The van der Waals surface area contributed by atoms with E-state index in [0.29, 0.717) is 18.1 Å². The number of H-pyrrole nitrogens is 1. The van der Waals surface area contributed by atoms with Gasteiger partial charge in [0.25, 0.3) is 5.89 Å². The van der Waals surface area contributed by atoms with E-state index in [4.69, 9.17) is 9.26 Å². The van der Waals surface area contributed by atoms with Crippen LogP contribution in [0.2, 0.25) is 0 Å². The summed E-state index contributed by atoms with van der Waals surface area (Å²) in [6.07, 6.45) is 7.49. The number of aryl methyl sites for hydroxylation is 1. The highest BCUT2D eigenvalue weighted by Crippen LogP contribution is 2.26. The van der Waals surface area contributed by atoms with Gasteiger partial charge in [-0.1, -0.05) is 5.16 Å². The topological polar surface area (TPSA) is 106 Å². The maximum atomic E-state index is 11.8. The average molecular weight is 305 g/mol. The highest BCUT2D eigenvalue weighted by atomic mass is 16.5. The van der Waals surface area contributed by atoms with Crippen LogP contribution in [0.15, 0.2) is 16.9 Å². The second-order valence-corrected chi connectivity index (χ2v) is 5.29. The summed E-state index contributed by atoms with van der Waals surface area (Å²) in [4.78, 5) is 16.0. The van der Waals surface area contributed by atoms with Crippen LogP contribution in [0.3, 0.4) is 0 Å². The van der Waals surface area contributed by atoms with Crippen molar-refractivity contribution in [3.8, 4) is 0 Å². The molecule has 0 radical (unpaired) electrons. The Balaban J connectivity index is 1.37. The second kappa shape index (κ2) is 7.17. The quantitative estimate of drug-likeness (QED) is 0.798. The fraction of sp³-hybridized carbons (Fsp3) is 0.571. The number of amides is 1. The van der Waals surface area contributed by atoms with Gasteiger partial charge in [0.15, 0.2) is 5.82 Å². The molecule has 1 fully saturated rings. The summed E-state index contributed by atoms with van der Waals surface area (Å²) in [5.41, 5.74) is 1.10. The van der Waals surface area contributed by atoms with Gasteiger partial charge in [0.05, 0.1) is 12.7 Å². The molecule has 118 valence electrons. The molecule has 2 aromatic rings. The third-order valence-electron chi connectivity index (χ3n) is 3.56. The Kier molecular flexibility index (Phi) is 4.79. The molecule has 8 nitrogen and oxygen atoms in total. The molecule has 2 aromatic heterocycles. The minimum Gasteiger partial charge on any atom is -0.368 e. The predicted molar refractivity (Wildman–Crippen MR) is 75.6 cm³/mol. The molecule has 0 aromatic carbocycles. The van der Waals surface area contributed by atoms with Gasteiger partial charge in [-0.15, -0.1) is 0 Å². The van der Waals surface area contributed by atoms with Crippen molar-refractivity contribution in [3.63, 3.8) is 0 Å². The van der Waals surface area contributed by atoms with Crippen LogP contribution in [-0.2, 0) is 22.5 Å². The third-order valence-corrected chi connectivity index (χ3v) is 3.56. The van der Waals surface area contributed by atoms with Crippen molar-refractivity contribution in [3.05, 3.63) is 29.7 Å². The molecule has 1 unspecified atom stereocenters. The van der Waals surface area contributed by atoms with E-state index in [1.54, 1.807) is 6.20 Å². The SMILES string of the molecule is O=C(CCCc1cn[nH]c1)NCc1noc(C2CCCO2)n1. The Hall–Kier alpha value is -2.22. The molecule has 22 heavy (non-hydrogen) atoms. The van der Waals surface area contributed by atoms with Crippen molar-refractivity contribution >= 4 is 5.91 Å². The average Bonchev–Trinajstić information content (AvgIpc) is 3.26. The summed E-state index contributed by atoms with van der Waals surface area (Å²) in [5.74, 6) is 0.961. The van der Waals surface area contributed by atoms with Gasteiger partial charge < -0.3 is 14.6 Å². The van der Waals surface area contributed by atoms with Crippen LogP contribution in [-0.4, -0.2) is 32.9 Å². The smallest absolute Gasteiger partial charge is 0.255 e. The molecule has 1 aliphatic rings. The number of nitrogens with one attached hydrogen (secondary N) is 2. The van der Waals surface area contributed by atoms with Gasteiger partial charge in [0, 0.05) is 19.2 Å². The fourth-order valence-electron chi connectivity index (χ4n) is 2.38. The normalized spacial score (nSPS) is 17.7. The van der Waals surface area contributed by atoms with Gasteiger partial charge in [0.1, 0.15) is 6.10 Å². The number of carbonyl (C=O) groups is 1. The van der Waals surface area contributed by atoms with Crippen LogP contribution < -0.4 is 5.32 Å². The maximum Gasteiger partial charge on any atom is 0.255 e. The lowest BCUT2D eigenvalue weighted by Crippen LogP contribution is -2.23. The van der Waals surface area contributed by atoms with Crippen molar-refractivity contribution < 1.29 is 14.1 Å². The number of hydrogen-bond donors (Lipinski definition) is 2. The number of aromatic amines is 1. The Morgan fingerprint density at radius 2 is 2.45 bits per heavy atom. The third kappa shape index (κ3) is 3.91. The van der Waals surface area contributed by atoms with Crippen molar-refractivity contribution in [1.29, 1.82) is 0 Å². The van der Waals surface area contributed by atoms with Crippen LogP contribution in [0.5, 0.6) is 0 Å². The molecule has 1 saturated heterocycles. The lowest BCUT2D eigenvalue weighted by molar-refractivity contribution is -0.121. The molecule has 0 saturated carbocycles. The Labute approximate surface area is 127 Å². The van der Waals surface area contributed by atoms with E-state index >= 15 is 0 Å². The van der Waals surface area contributed by atoms with E-state index in [1.165, 1.54) is 0 Å². The van der Waals surface area contributed by atoms with Crippen molar-refractivity contribution in [2.24, 2.45) is 0 Å². The highest BCUT2D eigenvalue weighted by molar-refractivity contribution is 5.75. The highest BCUT2D eigenvalue weighted by Gasteiger charge is 2.23. The van der Waals surface area contributed by atoms with Crippen LogP contribution in [0.1, 0.15) is 49.1 Å². The van der Waals surface area contributed by atoms with Crippen molar-refractivity contribution in [2.75, 3.05) is 6.61 Å². The number of aromatic nitrogens is 4. The first-order valence-electron chi connectivity index (χ1n) is 7.49. The van der Waals surface area contributed by atoms with E-state index in [0.717, 1.165) is 37.9 Å². The maximum absolute atomic E-state index is 11.8. The predicted octanol–water partition coefficient (Wildman–Crippen LogP) is 1.28. The van der Waals surface area contributed by atoms with Crippen LogP contribution in [0.25, 0.3) is 0 Å². The number of nitrogens with zero attached hydrogens (tertiary/aromatic N) is 3. The number of ether oxygens (including phenoxy) is 1. The fourth-order valence-corrected chi connectivity index (χ4v) is 2.38. The minimum absolute atomic E-state index is 0.0213. The zero-order chi connectivity index (χ0) is 15.2. The van der Waals surface area contributed by atoms with E-state index in [9.17, 15) is 4.79 Å². The van der Waals surface area contributed by atoms with E-state index in [1.807, 2.05) is 6.20 Å². The molecule has 3 rings (SSSR count). The summed E-state index contributed by atoms with van der Waals surface area (Å²) in [6, 6.07) is 0. The minimum atomic E-state index is -0.0908. The molecule has 0 aliphatic carbocycles. The molecular weight excluding hydrogens is 286 g/mol. The summed E-state index contributed by atoms with van der Waals surface area (Å²) in [5, 5.41) is 13.3. The van der Waals surface area contributed by atoms with Crippen molar-refractivity contribution in [1.82, 2.24) is 25.7 Å². The molecule has 8 heteroatoms. The van der Waals surface area contributed by atoms with Gasteiger partial charge in [0.2, 0.25) is 5.91 Å². The standard InChI is InChI=1S/C14H19N5O3/c20-13(5-1-3-10-7-16-17-8-10)15-9-12-18-14(22-19-12)11-4-2-6-21-11/h7-8,11H,1-6,9H2,(H,15,20)(H,16,17). The van der Waals surface area contributed by atoms with Gasteiger partial charge in [-0.2, -0.15) is 10.1 Å². The zero-order valence-corrected chi connectivity index (χ0v) is 12.2. The lowest BCUT2D eigenvalue weighted by Gasteiger charge is -2.02. The number of carbonyl (C=O) groups excluding carboxylic acids is 1. The molecule has 2 N–H and O–H groups in total. The van der Waals surface area contributed by atoms with Gasteiger partial charge in [-0.05, 0) is 31.2 Å². The van der Waals surface area contributed by atoms with Crippen LogP contribution in [0.4, 0.5) is 0 Å². The summed E-state index contributed by atoms with van der Waals surface area (Å²) >= 11 is 0. The molecule has 1 amide bonds. The molecule has 0 bridgehead atoms. The lowest BCUT2D eigenvalue weighted by atomic mass is 10.1. The van der Waals surface area contributed by atoms with Gasteiger partial charge in [-0.3, -0.25) is 9.89 Å². The van der Waals surface area contributed by atoms with Gasteiger partial charge in [-0.25, -0.2) is 0 Å². The Morgan fingerprint density at radius 1 is 1.50 bits per heavy atom. The Morgan fingerprint density at radius 3 is 3.23 bits per heavy atom. The number of hydrogen-bond acceptors (Lipinski definition) is 6. The first kappa shape index (κ1) is 14.7. The summed E-state index contributed by atoms with van der Waals surface area (Å²) < 4.78 is 10.6. The first-order valence-corrected chi connectivity index (χ1v) is 7.49. The molecule has 1 aliphatic heterocycles. The van der Waals surface area contributed by atoms with E-state index in [2.05, 4.69) is 25.7 Å². The molecule has 0 spiro atoms. The molecular formula is C14H19N5O3. The van der Waals surface area contributed by atoms with E-state index in [-0.39, 0.29) is 18.6 Å². The molecule has 3 heterocycles. The number of rotatable bonds is 7. The van der Waals surface area contributed by atoms with E-state index < -0.39 is 0 Å². The first-order chi connectivity index (χ1) is 10.8. The summed E-state index contributed by atoms with van der Waals surface area (Å²) in [7, 11) is 0. The monoisotopic (exact) mass is 305 g/mol.